The molecule has 0 spiro atoms. The minimum Gasteiger partial charge on any atom is -0.870 e. The summed E-state index contributed by atoms with van der Waals surface area (Å²) < 4.78 is 19.7. The third-order valence-corrected chi connectivity index (χ3v) is 8.29. The van der Waals surface area contributed by atoms with Crippen LogP contribution in [0.2, 0.25) is 0 Å². The van der Waals surface area contributed by atoms with Gasteiger partial charge in [-0.2, -0.15) is 0 Å². The number of benzene rings is 5. The summed E-state index contributed by atoms with van der Waals surface area (Å²) in [5.41, 5.74) is 1.29. The molecule has 540 valence electrons. The van der Waals surface area contributed by atoms with Gasteiger partial charge in [-0.1, -0.05) is 116 Å². The Morgan fingerprint density at radius 1 is 0.418 bits per heavy atom. The first-order chi connectivity index (χ1) is 44.4. The van der Waals surface area contributed by atoms with Crippen molar-refractivity contribution >= 4 is 49.6 Å². The second-order valence-electron chi connectivity index (χ2n) is 15.0. The Balaban J connectivity index is -0.000000124. The number of aliphatic hydroxyl groups excluding tert-OH is 2. The smallest absolute Gasteiger partial charge is 0.870 e. The van der Waals surface area contributed by atoms with Crippen molar-refractivity contribution in [2.24, 2.45) is 20.6 Å². The Labute approximate surface area is 632 Å². The molecular formula is C52H62La2N10Ni2O32-2. The van der Waals surface area contributed by atoms with Gasteiger partial charge in [-0.25, -0.2) is 0 Å². The molecule has 0 atom stereocenters. The SMILES string of the molecule is CN(C)C=O.CN(C)C=O.CO.CO.COc1cccc(/C=N/OCCO/N=C/c2cccc(OC)c2[O-])c1[O-].COc1cccc(/C=N/OCCO/N=C/c2cccc(OC)c2[O-])c1[O-].O=C([O-])c1ccc(C(=O)[O-])cc1.O=[N+]([O-])[O-].O=[N+]([O-])[O-].O=[N+]([O-])[O-].O=[N+]([O-])[O-].[La+3].[La].[Ni+2].[Ni+3]. The molecule has 2 amide bonds. The van der Waals surface area contributed by atoms with Crippen LogP contribution in [0.4, 0.5) is 0 Å². The fourth-order valence-electron chi connectivity index (χ4n) is 4.66. The van der Waals surface area contributed by atoms with Crippen LogP contribution in [-0.2, 0) is 61.9 Å². The standard InChI is InChI=1S/2C18H20N2O6.C8H6O4.2C3H7NO.2CH4O.2La.4NO3.2Ni/c2*1-23-15-7-3-5-13(17(15)21)11-19-25-9-10-26-20-12-14-6-4-8-16(24-2)18(14)22;9-7(10)5-1-2-6(4-3-5)8(11)12;2*1-4(2)3-5;2*1-2;;;4*2-1(3)4;;/h2*3-8,11-12,21-22H,9-10H2,1-2H3;1-4H,(H,9,10)(H,11,12);2*3H,1-2H3;2*2H,1H3;;;;;;;;/q;;;;;;;;+3;4*-1;+2;+3/p-6/b2*19-11+,20-12+;;;;;;;;;;;;;. The van der Waals surface area contributed by atoms with Crippen molar-refractivity contribution in [1.29, 1.82) is 0 Å². The molecule has 0 heterocycles. The zero-order chi connectivity index (χ0) is 73.6. The van der Waals surface area contributed by atoms with E-state index in [0.29, 0.717) is 22.3 Å². The van der Waals surface area contributed by atoms with E-state index in [4.69, 9.17) is 110 Å². The molecule has 0 bridgehead atoms. The van der Waals surface area contributed by atoms with E-state index in [1.165, 1.54) is 63.1 Å². The molecule has 5 aromatic carbocycles. The number of hydrogen-bond acceptors (Lipinski definition) is 36. The van der Waals surface area contributed by atoms with Crippen molar-refractivity contribution in [1.82, 2.24) is 9.80 Å². The summed E-state index contributed by atoms with van der Waals surface area (Å²) in [5, 5.41) is 156. The van der Waals surface area contributed by atoms with Gasteiger partial charge in [0, 0.05) is 78.0 Å². The molecule has 0 aliphatic heterocycles. The normalized spacial score (nSPS) is 8.78. The molecule has 2 radical (unpaired) electrons. The number of rotatable bonds is 22. The van der Waals surface area contributed by atoms with Gasteiger partial charge in [-0.15, -0.1) is 0 Å². The van der Waals surface area contributed by atoms with Crippen LogP contribution >= 0.6 is 0 Å². The number of carboxylic acids is 2. The van der Waals surface area contributed by atoms with Gasteiger partial charge in [-0.3, -0.25) is 9.59 Å². The van der Waals surface area contributed by atoms with Crippen LogP contribution in [0.3, 0.4) is 0 Å². The number of oxime groups is 4. The first-order valence-electron chi connectivity index (χ1n) is 24.3. The molecule has 0 fully saturated rings. The monoisotopic (exact) mass is 1730 g/mol. The maximum absolute atomic E-state index is 11.9. The van der Waals surface area contributed by atoms with Crippen molar-refractivity contribution in [2.75, 3.05) is 97.3 Å². The molecule has 0 aromatic heterocycles. The van der Waals surface area contributed by atoms with Crippen molar-refractivity contribution in [3.8, 4) is 46.0 Å². The van der Waals surface area contributed by atoms with E-state index in [1.807, 2.05) is 0 Å². The van der Waals surface area contributed by atoms with E-state index in [0.717, 1.165) is 51.3 Å². The third-order valence-electron chi connectivity index (χ3n) is 8.29. The van der Waals surface area contributed by atoms with Gasteiger partial charge in [0.25, 0.3) is 0 Å². The van der Waals surface area contributed by atoms with Gasteiger partial charge in [0.15, 0.2) is 26.4 Å². The Bertz CT molecular complexity index is 2700. The molecule has 0 saturated carbocycles. The third kappa shape index (κ3) is 65.0. The number of hydrogen-bond donors (Lipinski definition) is 2. The minimum atomic E-state index is -1.75. The largest absolute Gasteiger partial charge is 3.00 e. The topological polar surface area (TPSA) is 642 Å². The molecule has 5 rings (SSSR count). The minimum absolute atomic E-state index is 0. The van der Waals surface area contributed by atoms with Crippen LogP contribution < -0.4 is 49.6 Å². The molecule has 42 nitrogen and oxygen atoms in total. The van der Waals surface area contributed by atoms with Gasteiger partial charge >= 0.3 is 68.6 Å². The first kappa shape index (κ1) is 110. The van der Waals surface area contributed by atoms with E-state index in [1.54, 1.807) is 101 Å². The summed E-state index contributed by atoms with van der Waals surface area (Å²) in [6.45, 7) is 0.478. The zero-order valence-corrected chi connectivity index (χ0v) is 62.2. The van der Waals surface area contributed by atoms with Crippen LogP contribution in [0.15, 0.2) is 118 Å². The summed E-state index contributed by atoms with van der Waals surface area (Å²) in [6.07, 6.45) is 6.70. The van der Waals surface area contributed by atoms with Crippen LogP contribution in [-0.4, -0.2) is 187 Å². The maximum Gasteiger partial charge on any atom is 3.00 e. The van der Waals surface area contributed by atoms with Crippen molar-refractivity contribution in [3.63, 3.8) is 0 Å². The Morgan fingerprint density at radius 2 is 0.571 bits per heavy atom. The molecule has 0 unspecified atom stereocenters. The number of aliphatic hydroxyl groups is 2. The summed E-state index contributed by atoms with van der Waals surface area (Å²) >= 11 is 0. The number of nitrogens with zero attached hydrogens (tertiary/aromatic N) is 10. The number of carbonyl (C=O) groups is 4. The summed E-state index contributed by atoms with van der Waals surface area (Å²) in [4.78, 5) is 95.1. The number of carbonyl (C=O) groups excluding carboxylic acids is 4. The Hall–Kier alpha value is -9.64. The quantitative estimate of drug-likeness (QED) is 0.0201. The molecule has 98 heavy (non-hydrogen) atoms. The van der Waals surface area contributed by atoms with Gasteiger partial charge in [0.2, 0.25) is 12.8 Å². The van der Waals surface area contributed by atoms with Gasteiger partial charge in [-0.05, 0) is 57.6 Å². The number of aromatic carboxylic acids is 2. The molecule has 0 saturated heterocycles. The van der Waals surface area contributed by atoms with E-state index in [2.05, 4.69) is 20.6 Å². The average Bonchev–Trinajstić information content (AvgIpc) is 0.915. The summed E-state index contributed by atoms with van der Waals surface area (Å²) in [7, 11) is 14.4. The van der Waals surface area contributed by atoms with E-state index in [-0.39, 0.29) is 188 Å². The van der Waals surface area contributed by atoms with Crippen LogP contribution in [0.25, 0.3) is 0 Å². The van der Waals surface area contributed by atoms with Crippen LogP contribution in [0.5, 0.6) is 46.0 Å². The molecule has 0 aliphatic rings. The second kappa shape index (κ2) is 73.2. The predicted octanol–water partition coefficient (Wildman–Crippen LogP) is -1.42. The number of amides is 2. The second-order valence-corrected chi connectivity index (χ2v) is 15.0. The van der Waals surface area contributed by atoms with E-state index < -0.39 is 32.3 Å². The van der Waals surface area contributed by atoms with Crippen molar-refractivity contribution < 1.29 is 223 Å². The zero-order valence-electron chi connectivity index (χ0n) is 52.9. The Morgan fingerprint density at radius 3 is 0.694 bits per heavy atom. The number of ether oxygens (including phenoxy) is 4. The van der Waals surface area contributed by atoms with Gasteiger partial charge in [0.05, 0.1) is 85.6 Å². The first-order valence-corrected chi connectivity index (χ1v) is 24.3. The molecule has 0 aliphatic carbocycles. The fraction of sp³-hybridized carbons (Fsp3) is 0.269. The number of para-hydroxylation sites is 4. The van der Waals surface area contributed by atoms with Crippen LogP contribution in [0.1, 0.15) is 43.0 Å². The average molecular weight is 1730 g/mol. The summed E-state index contributed by atoms with van der Waals surface area (Å²) in [5.74, 6) is -2.79. The molecule has 5 aromatic rings. The molecular weight excluding hydrogens is 1670 g/mol. The molecule has 46 heteroatoms. The molecule has 2 N–H and O–H groups in total. The Kier molecular flexibility index (Phi) is 82.0. The number of methoxy groups -OCH3 is 4. The van der Waals surface area contributed by atoms with Crippen LogP contribution in [0, 0.1) is 132 Å². The van der Waals surface area contributed by atoms with Gasteiger partial charge < -0.3 is 160 Å². The number of carboxylic acid groups (broad SMARTS) is 2. The summed E-state index contributed by atoms with van der Waals surface area (Å²) in [6, 6.07) is 24.0. The fourth-order valence-corrected chi connectivity index (χ4v) is 4.66. The van der Waals surface area contributed by atoms with E-state index >= 15 is 0 Å². The predicted molar refractivity (Wildman–Crippen MR) is 316 cm³/mol. The van der Waals surface area contributed by atoms with Crippen molar-refractivity contribution in [3.05, 3.63) is 192 Å². The maximum atomic E-state index is 11.9. The van der Waals surface area contributed by atoms with Crippen molar-refractivity contribution in [2.45, 2.75) is 0 Å². The van der Waals surface area contributed by atoms with E-state index in [9.17, 15) is 49.8 Å². The van der Waals surface area contributed by atoms with Gasteiger partial charge in [0.1, 0.15) is 23.0 Å².